The number of carbonyl (C=O) groups is 1. The first kappa shape index (κ1) is 22.3. The van der Waals surface area contributed by atoms with Gasteiger partial charge in [-0.15, -0.1) is 0 Å². The number of fused-ring (bicyclic) bond motifs is 4. The quantitative estimate of drug-likeness (QED) is 0.672. The molecule has 172 valence electrons. The second kappa shape index (κ2) is 8.95. The number of ether oxygens (including phenoxy) is 2. The minimum Gasteiger partial charge on any atom is -0.497 e. The Kier molecular flexibility index (Phi) is 6.25. The maximum Gasteiger partial charge on any atom is 0.275 e. The van der Waals surface area contributed by atoms with Crippen molar-refractivity contribution in [1.82, 2.24) is 9.47 Å². The molecular weight excluding hydrogens is 434 g/mol. The van der Waals surface area contributed by atoms with Gasteiger partial charge in [0, 0.05) is 38.4 Å². The number of carbonyl (C=O) groups excluding carboxylic acids is 1. The molecule has 2 atom stereocenters. The number of likely N-dealkylation sites (tertiary alicyclic amines) is 1. The van der Waals surface area contributed by atoms with E-state index in [1.807, 2.05) is 4.90 Å². The van der Waals surface area contributed by atoms with Crippen LogP contribution in [-0.4, -0.2) is 57.7 Å². The Labute approximate surface area is 187 Å². The molecule has 2 bridgehead atoms. The summed E-state index contributed by atoms with van der Waals surface area (Å²) in [6, 6.07) is 9.26. The van der Waals surface area contributed by atoms with Crippen molar-refractivity contribution < 1.29 is 22.7 Å². The van der Waals surface area contributed by atoms with E-state index in [1.54, 1.807) is 29.9 Å². The minimum absolute atomic E-state index is 0.0116. The van der Waals surface area contributed by atoms with Crippen LogP contribution in [0.25, 0.3) is 0 Å². The first-order valence-corrected chi connectivity index (χ1v) is 12.0. The lowest BCUT2D eigenvalue weighted by atomic mass is 9.83. The Bertz CT molecular complexity index is 1160. The fourth-order valence-corrected chi connectivity index (χ4v) is 5.59. The molecule has 0 aliphatic carbocycles. The van der Waals surface area contributed by atoms with E-state index >= 15 is 0 Å². The molecule has 2 aliphatic heterocycles. The van der Waals surface area contributed by atoms with Gasteiger partial charge in [-0.2, -0.15) is 0 Å². The fourth-order valence-electron chi connectivity index (χ4n) is 4.53. The third-order valence-electron chi connectivity index (χ3n) is 6.09. The van der Waals surface area contributed by atoms with E-state index in [9.17, 15) is 18.0 Å². The molecule has 4 rings (SSSR count). The van der Waals surface area contributed by atoms with Gasteiger partial charge in [0.15, 0.2) is 0 Å². The fraction of sp³-hybridized carbons (Fsp3) is 0.455. The van der Waals surface area contributed by atoms with Gasteiger partial charge in [-0.1, -0.05) is 0 Å². The summed E-state index contributed by atoms with van der Waals surface area (Å²) in [6.45, 7) is 1.98. The Balaban J connectivity index is 1.56. The number of methoxy groups -OCH3 is 2. The molecule has 0 spiro atoms. The van der Waals surface area contributed by atoms with Crippen LogP contribution in [0.2, 0.25) is 0 Å². The molecule has 9 nitrogen and oxygen atoms in total. The highest BCUT2D eigenvalue weighted by atomic mass is 32.2. The second-order valence-electron chi connectivity index (χ2n) is 8.21. The highest BCUT2D eigenvalue weighted by Crippen LogP contribution is 2.35. The van der Waals surface area contributed by atoms with Crippen molar-refractivity contribution in [3.63, 3.8) is 0 Å². The molecular formula is C22H27N3O6S. The van der Waals surface area contributed by atoms with Gasteiger partial charge in [-0.3, -0.25) is 14.3 Å². The summed E-state index contributed by atoms with van der Waals surface area (Å²) in [5.41, 5.74) is 0.480. The molecule has 1 aromatic heterocycles. The predicted molar refractivity (Wildman–Crippen MR) is 118 cm³/mol. The van der Waals surface area contributed by atoms with Gasteiger partial charge in [0.25, 0.3) is 15.6 Å². The molecule has 1 saturated heterocycles. The maximum atomic E-state index is 13.1. The summed E-state index contributed by atoms with van der Waals surface area (Å²) < 4.78 is 39.7. The molecule has 1 fully saturated rings. The lowest BCUT2D eigenvalue weighted by Gasteiger charge is -2.43. The van der Waals surface area contributed by atoms with Gasteiger partial charge in [0.05, 0.1) is 25.0 Å². The van der Waals surface area contributed by atoms with Crippen LogP contribution in [0.15, 0.2) is 46.1 Å². The highest BCUT2D eigenvalue weighted by Gasteiger charge is 2.36. The van der Waals surface area contributed by atoms with Crippen LogP contribution in [0.4, 0.5) is 5.69 Å². The largest absolute Gasteiger partial charge is 0.497 e. The number of nitrogens with zero attached hydrogens (tertiary/aromatic N) is 2. The van der Waals surface area contributed by atoms with Crippen molar-refractivity contribution in [3.05, 3.63) is 52.4 Å². The summed E-state index contributed by atoms with van der Waals surface area (Å²) in [4.78, 5) is 27.5. The van der Waals surface area contributed by atoms with Crippen LogP contribution < -0.4 is 15.0 Å². The molecule has 32 heavy (non-hydrogen) atoms. The van der Waals surface area contributed by atoms with Crippen molar-refractivity contribution in [1.29, 1.82) is 0 Å². The number of sulfonamides is 1. The molecule has 1 aromatic carbocycles. The number of amides is 1. The van der Waals surface area contributed by atoms with E-state index in [2.05, 4.69) is 4.72 Å². The number of piperidine rings is 1. The average molecular weight is 462 g/mol. The zero-order chi connectivity index (χ0) is 22.9. The van der Waals surface area contributed by atoms with E-state index in [0.29, 0.717) is 38.4 Å². The van der Waals surface area contributed by atoms with E-state index < -0.39 is 10.0 Å². The molecule has 1 amide bonds. The van der Waals surface area contributed by atoms with Crippen LogP contribution >= 0.6 is 0 Å². The van der Waals surface area contributed by atoms with Crippen molar-refractivity contribution >= 4 is 21.6 Å². The van der Waals surface area contributed by atoms with E-state index in [1.165, 1.54) is 25.3 Å². The summed E-state index contributed by atoms with van der Waals surface area (Å²) in [5.74, 6) is 0.799. The second-order valence-corrected chi connectivity index (χ2v) is 9.89. The SMILES string of the molecule is COCCC(=O)N1C[C@H]2C[C@H](C1)c1ccc(NS(=O)(=O)c3ccc(OC)cc3)c(=O)n1C2. The van der Waals surface area contributed by atoms with Crippen LogP contribution in [0.5, 0.6) is 5.75 Å². The van der Waals surface area contributed by atoms with Crippen LogP contribution in [0.3, 0.4) is 0 Å². The van der Waals surface area contributed by atoms with Gasteiger partial charge < -0.3 is 18.9 Å². The lowest BCUT2D eigenvalue weighted by Crippen LogP contribution is -2.49. The van der Waals surface area contributed by atoms with Gasteiger partial charge >= 0.3 is 0 Å². The molecule has 2 aliphatic rings. The van der Waals surface area contributed by atoms with E-state index in [0.717, 1.165) is 12.1 Å². The number of benzene rings is 1. The van der Waals surface area contributed by atoms with Crippen molar-refractivity contribution in [3.8, 4) is 5.75 Å². The first-order valence-electron chi connectivity index (χ1n) is 10.5. The van der Waals surface area contributed by atoms with Crippen molar-refractivity contribution in [2.45, 2.75) is 30.2 Å². The lowest BCUT2D eigenvalue weighted by molar-refractivity contribution is -0.134. The monoisotopic (exact) mass is 461 g/mol. The summed E-state index contributed by atoms with van der Waals surface area (Å²) >= 11 is 0. The zero-order valence-corrected chi connectivity index (χ0v) is 18.9. The number of aromatic nitrogens is 1. The normalized spacial score (nSPS) is 19.9. The first-order chi connectivity index (χ1) is 15.3. The molecule has 0 radical (unpaired) electrons. The number of hydrogen-bond acceptors (Lipinski definition) is 6. The molecule has 2 aromatic rings. The molecule has 10 heteroatoms. The van der Waals surface area contributed by atoms with E-state index in [4.69, 9.17) is 9.47 Å². The number of nitrogens with one attached hydrogen (secondary N) is 1. The smallest absolute Gasteiger partial charge is 0.275 e. The average Bonchev–Trinajstić information content (AvgIpc) is 2.79. The van der Waals surface area contributed by atoms with Gasteiger partial charge in [-0.05, 0) is 48.7 Å². The Morgan fingerprint density at radius 1 is 1.09 bits per heavy atom. The summed E-state index contributed by atoms with van der Waals surface area (Å²) in [7, 11) is -0.848. The van der Waals surface area contributed by atoms with Crippen molar-refractivity contribution in [2.24, 2.45) is 5.92 Å². The summed E-state index contributed by atoms with van der Waals surface area (Å²) in [6.07, 6.45) is 1.25. The topological polar surface area (TPSA) is 107 Å². The standard InChI is InChI=1S/C22H27N3O6S/c1-30-10-9-21(26)24-12-15-11-16(14-24)20-8-7-19(22(27)25(20)13-15)23-32(28,29)18-5-3-17(31-2)4-6-18/h3-8,15-16,23H,9-14H2,1-2H3/t15-,16-/m1/s1. The number of anilines is 1. The zero-order valence-electron chi connectivity index (χ0n) is 18.1. The Morgan fingerprint density at radius 3 is 2.53 bits per heavy atom. The van der Waals surface area contributed by atoms with Gasteiger partial charge in [0.1, 0.15) is 11.4 Å². The summed E-state index contributed by atoms with van der Waals surface area (Å²) in [5, 5.41) is 0. The third kappa shape index (κ3) is 4.37. The van der Waals surface area contributed by atoms with Crippen LogP contribution in [0.1, 0.15) is 24.5 Å². The highest BCUT2D eigenvalue weighted by molar-refractivity contribution is 7.92. The molecule has 0 saturated carbocycles. The van der Waals surface area contributed by atoms with Crippen molar-refractivity contribution in [2.75, 3.05) is 38.6 Å². The maximum absolute atomic E-state index is 13.1. The number of pyridine rings is 1. The third-order valence-corrected chi connectivity index (χ3v) is 7.47. The number of hydrogen-bond donors (Lipinski definition) is 1. The molecule has 3 heterocycles. The number of rotatable bonds is 7. The van der Waals surface area contributed by atoms with Gasteiger partial charge in [0.2, 0.25) is 5.91 Å². The Morgan fingerprint density at radius 2 is 1.84 bits per heavy atom. The van der Waals surface area contributed by atoms with Crippen LogP contribution in [0, 0.1) is 5.92 Å². The molecule has 0 unspecified atom stereocenters. The van der Waals surface area contributed by atoms with E-state index in [-0.39, 0.29) is 33.9 Å². The molecule has 1 N–H and O–H groups in total. The van der Waals surface area contributed by atoms with Crippen LogP contribution in [-0.2, 0) is 26.1 Å². The predicted octanol–water partition coefficient (Wildman–Crippen LogP) is 1.64. The van der Waals surface area contributed by atoms with Gasteiger partial charge in [-0.25, -0.2) is 8.42 Å². The minimum atomic E-state index is -3.92. The Hall–Kier alpha value is -2.85.